The maximum absolute atomic E-state index is 10.6. The summed E-state index contributed by atoms with van der Waals surface area (Å²) in [7, 11) is 0. The molecule has 0 spiro atoms. The van der Waals surface area contributed by atoms with Crippen LogP contribution in [0.25, 0.3) is 0 Å². The molecule has 16 heavy (non-hydrogen) atoms. The highest BCUT2D eigenvalue weighted by Gasteiger charge is 2.10. The van der Waals surface area contributed by atoms with Crippen LogP contribution in [0.3, 0.4) is 0 Å². The van der Waals surface area contributed by atoms with E-state index in [1.807, 2.05) is 6.92 Å². The molecule has 0 aromatic rings. The molecule has 0 rings (SSSR count). The van der Waals surface area contributed by atoms with Gasteiger partial charge in [-0.05, 0) is 33.1 Å². The smallest absolute Gasteiger partial charge is 0.334 e. The fraction of sp³-hybridized carbons (Fsp3) is 0.727. The summed E-state index contributed by atoms with van der Waals surface area (Å²) < 4.78 is 0. The molecule has 0 aliphatic carbocycles. The van der Waals surface area contributed by atoms with Crippen LogP contribution in [0.15, 0.2) is 11.3 Å². The van der Waals surface area contributed by atoms with Gasteiger partial charge in [-0.25, -0.2) is 4.79 Å². The number of aliphatic hydroxyl groups excluding tert-OH is 1. The molecular weight excluding hydrogens is 212 g/mol. The lowest BCUT2D eigenvalue weighted by molar-refractivity contribution is -0.270. The van der Waals surface area contributed by atoms with E-state index in [1.54, 1.807) is 6.92 Å². The molecule has 0 fully saturated rings. The highest BCUT2D eigenvalue weighted by Crippen LogP contribution is 2.10. The lowest BCUT2D eigenvalue weighted by atomic mass is 10.1. The topological polar surface area (TPSA) is 76.0 Å². The third-order valence-corrected chi connectivity index (χ3v) is 2.13. The Morgan fingerprint density at radius 2 is 1.88 bits per heavy atom. The molecule has 0 aliphatic heterocycles. The highest BCUT2D eigenvalue weighted by molar-refractivity contribution is 5.86. The Kier molecular flexibility index (Phi) is 6.76. The van der Waals surface area contributed by atoms with Crippen molar-refractivity contribution in [2.45, 2.75) is 40.2 Å². The van der Waals surface area contributed by atoms with Gasteiger partial charge in [0.1, 0.15) is 5.76 Å². The minimum absolute atomic E-state index is 0.114. The van der Waals surface area contributed by atoms with E-state index < -0.39 is 5.97 Å². The molecule has 0 aliphatic rings. The van der Waals surface area contributed by atoms with E-state index in [0.717, 1.165) is 0 Å². The first-order valence-electron chi connectivity index (χ1n) is 5.22. The molecule has 94 valence electrons. The van der Waals surface area contributed by atoms with Crippen LogP contribution in [0.1, 0.15) is 34.1 Å². The maximum atomic E-state index is 10.6. The monoisotopic (exact) mass is 232 g/mol. The normalized spacial score (nSPS) is 16.3. The van der Waals surface area contributed by atoms with Crippen molar-refractivity contribution in [3.05, 3.63) is 11.3 Å². The predicted octanol–water partition coefficient (Wildman–Crippen LogP) is 1.72. The molecular formula is C11H20O5. The summed E-state index contributed by atoms with van der Waals surface area (Å²) in [4.78, 5) is 20.3. The summed E-state index contributed by atoms with van der Waals surface area (Å²) >= 11 is 0. The lowest BCUT2D eigenvalue weighted by Gasteiger charge is -2.13. The van der Waals surface area contributed by atoms with Gasteiger partial charge >= 0.3 is 5.97 Å². The number of rotatable bonds is 7. The number of allylic oxidation sites excluding steroid dienone is 1. The van der Waals surface area contributed by atoms with Crippen molar-refractivity contribution in [2.75, 3.05) is 6.61 Å². The zero-order chi connectivity index (χ0) is 12.7. The van der Waals surface area contributed by atoms with Gasteiger partial charge in [0, 0.05) is 0 Å². The van der Waals surface area contributed by atoms with Crippen molar-refractivity contribution in [1.29, 1.82) is 0 Å². The van der Waals surface area contributed by atoms with Crippen molar-refractivity contribution in [2.24, 2.45) is 5.92 Å². The van der Waals surface area contributed by atoms with Crippen molar-refractivity contribution in [3.63, 3.8) is 0 Å². The van der Waals surface area contributed by atoms with Crippen LogP contribution in [0.4, 0.5) is 0 Å². The number of hydrogen-bond donors (Lipinski definition) is 2. The van der Waals surface area contributed by atoms with Crippen LogP contribution in [0, 0.1) is 5.92 Å². The van der Waals surface area contributed by atoms with Gasteiger partial charge in [-0.2, -0.15) is 4.89 Å². The fourth-order valence-electron chi connectivity index (χ4n) is 1.10. The lowest BCUT2D eigenvalue weighted by Crippen LogP contribution is -2.13. The second-order valence-corrected chi connectivity index (χ2v) is 4.04. The molecule has 0 heterocycles. The van der Waals surface area contributed by atoms with Crippen LogP contribution < -0.4 is 0 Å². The van der Waals surface area contributed by atoms with Gasteiger partial charge in [-0.15, -0.1) is 0 Å². The third-order valence-electron chi connectivity index (χ3n) is 2.13. The van der Waals surface area contributed by atoms with E-state index in [-0.39, 0.29) is 23.4 Å². The predicted molar refractivity (Wildman–Crippen MR) is 58.5 cm³/mol. The van der Waals surface area contributed by atoms with E-state index in [4.69, 9.17) is 20.0 Å². The first-order valence-corrected chi connectivity index (χ1v) is 5.22. The Labute approximate surface area is 95.6 Å². The second kappa shape index (κ2) is 7.24. The SMILES string of the molecule is C/C(OOCC(C)CC(C)O)=C(\C)C(=O)O. The summed E-state index contributed by atoms with van der Waals surface area (Å²) in [5.74, 6) is -0.646. The molecule has 0 radical (unpaired) electrons. The average Bonchev–Trinajstić information content (AvgIpc) is 2.14. The van der Waals surface area contributed by atoms with E-state index in [2.05, 4.69) is 0 Å². The van der Waals surface area contributed by atoms with Gasteiger partial charge < -0.3 is 15.1 Å². The van der Waals surface area contributed by atoms with Crippen LogP contribution >= 0.6 is 0 Å². The minimum Gasteiger partial charge on any atom is -0.478 e. The number of hydrogen-bond acceptors (Lipinski definition) is 4. The van der Waals surface area contributed by atoms with E-state index >= 15 is 0 Å². The van der Waals surface area contributed by atoms with Crippen molar-refractivity contribution < 1.29 is 24.8 Å². The first kappa shape index (κ1) is 14.9. The Bertz CT molecular complexity index is 257. The maximum Gasteiger partial charge on any atom is 0.334 e. The molecule has 2 atom stereocenters. The molecule has 0 aromatic carbocycles. The molecule has 0 saturated heterocycles. The van der Waals surface area contributed by atoms with E-state index in [9.17, 15) is 4.79 Å². The van der Waals surface area contributed by atoms with Crippen LogP contribution in [-0.2, 0) is 14.6 Å². The zero-order valence-electron chi connectivity index (χ0n) is 10.2. The quantitative estimate of drug-likeness (QED) is 0.302. The van der Waals surface area contributed by atoms with E-state index in [0.29, 0.717) is 13.0 Å². The Morgan fingerprint density at radius 1 is 1.31 bits per heavy atom. The van der Waals surface area contributed by atoms with Gasteiger partial charge in [0.2, 0.25) is 0 Å². The molecule has 2 unspecified atom stereocenters. The fourth-order valence-corrected chi connectivity index (χ4v) is 1.10. The number of aliphatic carboxylic acids is 1. The number of carboxylic acids is 1. The summed E-state index contributed by atoms with van der Waals surface area (Å²) in [6, 6.07) is 0. The zero-order valence-corrected chi connectivity index (χ0v) is 10.2. The summed E-state index contributed by atoms with van der Waals surface area (Å²) in [6.45, 7) is 6.91. The summed E-state index contributed by atoms with van der Waals surface area (Å²) in [6.07, 6.45) is 0.236. The van der Waals surface area contributed by atoms with E-state index in [1.165, 1.54) is 13.8 Å². The molecule has 5 heteroatoms. The number of carboxylic acid groups (broad SMARTS) is 1. The summed E-state index contributed by atoms with van der Waals surface area (Å²) in [5.41, 5.74) is 0.114. The molecule has 0 aromatic heterocycles. The van der Waals surface area contributed by atoms with Gasteiger partial charge in [0.25, 0.3) is 0 Å². The first-order chi connectivity index (χ1) is 7.34. The van der Waals surface area contributed by atoms with Crippen molar-refractivity contribution in [3.8, 4) is 0 Å². The van der Waals surface area contributed by atoms with Gasteiger partial charge in [0.05, 0.1) is 18.3 Å². The molecule has 2 N–H and O–H groups in total. The van der Waals surface area contributed by atoms with Gasteiger partial charge in [0.15, 0.2) is 0 Å². The van der Waals surface area contributed by atoms with Crippen LogP contribution in [0.5, 0.6) is 0 Å². The molecule has 0 bridgehead atoms. The Balaban J connectivity index is 3.90. The van der Waals surface area contributed by atoms with Crippen LogP contribution in [0.2, 0.25) is 0 Å². The van der Waals surface area contributed by atoms with Gasteiger partial charge in [-0.1, -0.05) is 6.92 Å². The number of aliphatic hydroxyl groups is 1. The van der Waals surface area contributed by atoms with Crippen LogP contribution in [-0.4, -0.2) is 28.9 Å². The van der Waals surface area contributed by atoms with Crippen molar-refractivity contribution >= 4 is 5.97 Å². The molecule has 0 amide bonds. The Morgan fingerprint density at radius 3 is 2.31 bits per heavy atom. The molecule has 0 saturated carbocycles. The number of carbonyl (C=O) groups is 1. The average molecular weight is 232 g/mol. The molecule has 5 nitrogen and oxygen atoms in total. The second-order valence-electron chi connectivity index (χ2n) is 4.04. The highest BCUT2D eigenvalue weighted by atomic mass is 17.2. The Hall–Kier alpha value is -1.07. The standard InChI is InChI=1S/C11H20O5/c1-7(5-8(2)12)6-15-16-10(4)9(3)11(13)14/h7-8,12H,5-6H2,1-4H3,(H,13,14)/b10-9-. The van der Waals surface area contributed by atoms with Gasteiger partial charge in [-0.3, -0.25) is 0 Å². The summed E-state index contributed by atoms with van der Waals surface area (Å²) in [5, 5.41) is 17.8. The minimum atomic E-state index is -1.03. The third kappa shape index (κ3) is 6.42. The van der Waals surface area contributed by atoms with Crippen molar-refractivity contribution in [1.82, 2.24) is 0 Å². The largest absolute Gasteiger partial charge is 0.478 e.